The van der Waals surface area contributed by atoms with Crippen molar-refractivity contribution in [1.29, 1.82) is 0 Å². The zero-order chi connectivity index (χ0) is 26.2. The minimum atomic E-state index is -3.13. The fourth-order valence-electron chi connectivity index (χ4n) is 8.51. The van der Waals surface area contributed by atoms with E-state index in [2.05, 4.69) is 81.4 Å². The van der Waals surface area contributed by atoms with E-state index in [0.717, 1.165) is 19.3 Å². The predicted octanol–water partition coefficient (Wildman–Crippen LogP) is 9.58. The molecule has 3 rings (SSSR count). The van der Waals surface area contributed by atoms with Crippen LogP contribution in [0.25, 0.3) is 0 Å². The molecule has 3 aliphatic carbocycles. The molecule has 0 bridgehead atoms. The summed E-state index contributed by atoms with van der Waals surface area (Å²) in [6.07, 6.45) is 12.0. The molecule has 0 amide bonds. The van der Waals surface area contributed by atoms with Crippen LogP contribution in [0, 0.1) is 46.3 Å². The Bertz CT molecular complexity index is 793. The van der Waals surface area contributed by atoms with Gasteiger partial charge in [-0.1, -0.05) is 0 Å². The molecule has 0 N–H and O–H groups in total. The third-order valence-corrected chi connectivity index (χ3v) is 24.8. The zero-order valence-corrected chi connectivity index (χ0v) is 27.7. The van der Waals surface area contributed by atoms with Crippen molar-refractivity contribution in [2.75, 3.05) is 0 Å². The van der Waals surface area contributed by atoms with Gasteiger partial charge in [0.15, 0.2) is 0 Å². The normalized spacial score (nSPS) is 31.4. The molecule has 2 nitrogen and oxygen atoms in total. The van der Waals surface area contributed by atoms with Crippen molar-refractivity contribution in [3.8, 4) is 0 Å². The zero-order valence-electron chi connectivity index (χ0n) is 24.8. The van der Waals surface area contributed by atoms with Crippen LogP contribution in [0.3, 0.4) is 0 Å². The van der Waals surface area contributed by atoms with Crippen molar-refractivity contribution in [2.45, 2.75) is 121 Å². The molecule has 0 aliphatic heterocycles. The first-order chi connectivity index (χ1) is 16.2. The van der Waals surface area contributed by atoms with Gasteiger partial charge in [-0.25, -0.2) is 0 Å². The number of fused-ring (bicyclic) bond motifs is 3. The van der Waals surface area contributed by atoms with Gasteiger partial charge < -0.3 is 0 Å². The molecule has 0 aromatic rings. The summed E-state index contributed by atoms with van der Waals surface area (Å²) in [5.41, 5.74) is 3.05. The number of rotatable bonds is 9. The molecule has 35 heavy (non-hydrogen) atoms. The van der Waals surface area contributed by atoms with Gasteiger partial charge in [0, 0.05) is 0 Å². The first-order valence-corrected chi connectivity index (χ1v) is 22.1. The fourth-order valence-corrected chi connectivity index (χ4v) is 25.2. The number of allylic oxidation sites excluding steroid dienone is 4. The summed E-state index contributed by atoms with van der Waals surface area (Å²) in [4.78, 5) is 14.4. The number of hydrogen-bond donors (Lipinski definition) is 0. The van der Waals surface area contributed by atoms with Gasteiger partial charge in [-0.3, -0.25) is 0 Å². The van der Waals surface area contributed by atoms with Crippen LogP contribution in [-0.4, -0.2) is 24.8 Å². The molecule has 0 saturated heterocycles. The van der Waals surface area contributed by atoms with Gasteiger partial charge >= 0.3 is 223 Å². The molecular formula is C32H56O2Sn. The number of carbonyl (C=O) groups is 1. The molecule has 200 valence electrons. The molecule has 0 aromatic heterocycles. The van der Waals surface area contributed by atoms with Crippen LogP contribution in [0.5, 0.6) is 0 Å². The Morgan fingerprint density at radius 1 is 0.971 bits per heavy atom. The molecule has 1 saturated carbocycles. The molecule has 3 heteroatoms. The van der Waals surface area contributed by atoms with Crippen molar-refractivity contribution in [1.82, 2.24) is 0 Å². The van der Waals surface area contributed by atoms with Gasteiger partial charge in [0.05, 0.1) is 0 Å². The van der Waals surface area contributed by atoms with Crippen LogP contribution in [-0.2, 0) is 7.87 Å². The second-order valence-electron chi connectivity index (χ2n) is 14.6. The molecule has 1 fully saturated rings. The molecule has 0 spiro atoms. The van der Waals surface area contributed by atoms with Crippen LogP contribution < -0.4 is 0 Å². The number of carbonyl (C=O) groups excluding carboxylic acids is 1. The van der Waals surface area contributed by atoms with E-state index >= 15 is 0 Å². The SMILES string of the molecule is CC(C)[CH2][Sn]([CH2]C(C)C)([CH2]C(C)C)[O]C(=O)C1(C)CCCC2(C)C3CCC(C(C)C)=CC3=CCC12. The van der Waals surface area contributed by atoms with Crippen LogP contribution in [0.1, 0.15) is 108 Å². The first kappa shape index (κ1) is 29.3. The Morgan fingerprint density at radius 3 is 2.06 bits per heavy atom. The quantitative estimate of drug-likeness (QED) is 0.250. The van der Waals surface area contributed by atoms with Crippen LogP contribution in [0.4, 0.5) is 0 Å². The van der Waals surface area contributed by atoms with E-state index in [1.165, 1.54) is 32.6 Å². The molecule has 0 heterocycles. The second kappa shape index (κ2) is 11.2. The fraction of sp³-hybridized carbons (Fsp3) is 0.844. The Labute approximate surface area is 222 Å². The van der Waals surface area contributed by atoms with Gasteiger partial charge in [-0.2, -0.15) is 0 Å². The average Bonchev–Trinajstić information content (AvgIpc) is 2.71. The summed E-state index contributed by atoms with van der Waals surface area (Å²) in [6, 6.07) is 0. The van der Waals surface area contributed by atoms with Crippen molar-refractivity contribution >= 4 is 24.8 Å². The predicted molar refractivity (Wildman–Crippen MR) is 153 cm³/mol. The summed E-state index contributed by atoms with van der Waals surface area (Å²) >= 11 is -3.13. The summed E-state index contributed by atoms with van der Waals surface area (Å²) < 4.78 is 10.5. The first-order valence-electron chi connectivity index (χ1n) is 14.9. The van der Waals surface area contributed by atoms with E-state index in [0.29, 0.717) is 35.5 Å². The van der Waals surface area contributed by atoms with E-state index in [9.17, 15) is 4.79 Å². The molecule has 3 aliphatic rings. The second-order valence-corrected chi connectivity index (χ2v) is 25.4. The molecular weight excluding hydrogens is 535 g/mol. The Hall–Kier alpha value is -0.251. The monoisotopic (exact) mass is 592 g/mol. The summed E-state index contributed by atoms with van der Waals surface area (Å²) in [7, 11) is 0. The van der Waals surface area contributed by atoms with Crippen LogP contribution >= 0.6 is 0 Å². The Morgan fingerprint density at radius 2 is 1.54 bits per heavy atom. The Balaban J connectivity index is 1.94. The Kier molecular flexibility index (Phi) is 9.41. The number of hydrogen-bond acceptors (Lipinski definition) is 2. The third kappa shape index (κ3) is 6.25. The maximum atomic E-state index is 14.4. The van der Waals surface area contributed by atoms with Crippen molar-refractivity contribution in [3.05, 3.63) is 23.3 Å². The molecule has 4 atom stereocenters. The summed E-state index contributed by atoms with van der Waals surface area (Å²) in [6.45, 7) is 23.5. The minimum absolute atomic E-state index is 0.192. The van der Waals surface area contributed by atoms with Gasteiger partial charge in [0.1, 0.15) is 0 Å². The third-order valence-electron chi connectivity index (χ3n) is 9.70. The van der Waals surface area contributed by atoms with Crippen LogP contribution in [0.2, 0.25) is 13.3 Å². The molecule has 0 radical (unpaired) electrons. The van der Waals surface area contributed by atoms with Gasteiger partial charge in [0.25, 0.3) is 0 Å². The summed E-state index contributed by atoms with van der Waals surface area (Å²) in [5.74, 6) is 3.64. The average molecular weight is 592 g/mol. The molecule has 0 aromatic carbocycles. The van der Waals surface area contributed by atoms with E-state index < -0.39 is 18.8 Å². The van der Waals surface area contributed by atoms with Gasteiger partial charge in [-0.15, -0.1) is 0 Å². The van der Waals surface area contributed by atoms with Gasteiger partial charge in [-0.05, 0) is 0 Å². The van der Waals surface area contributed by atoms with Crippen molar-refractivity contribution in [3.63, 3.8) is 0 Å². The standard InChI is InChI=1S/C20H30O2.3C4H9.Sn/c1-13(2)14-6-8-16-15(12-14)7-9-17-19(16,3)10-5-11-20(17,4)18(21)22;3*1-4(2)3;/h7,12-13,16-17H,5-6,8-11H2,1-4H3,(H,21,22);3*4H,1H2,2-3H3;/q;;;;+1/p-1. The van der Waals surface area contributed by atoms with E-state index in [1.54, 1.807) is 11.1 Å². The van der Waals surface area contributed by atoms with Crippen molar-refractivity contribution in [2.24, 2.45) is 46.3 Å². The van der Waals surface area contributed by atoms with E-state index in [1.807, 2.05) is 0 Å². The van der Waals surface area contributed by atoms with E-state index in [-0.39, 0.29) is 16.8 Å². The molecule has 4 unspecified atom stereocenters. The van der Waals surface area contributed by atoms with Crippen LogP contribution in [0.15, 0.2) is 23.3 Å². The topological polar surface area (TPSA) is 26.3 Å². The van der Waals surface area contributed by atoms with E-state index in [4.69, 9.17) is 3.07 Å². The maximum absolute atomic E-state index is 14.4. The van der Waals surface area contributed by atoms with Gasteiger partial charge in [0.2, 0.25) is 0 Å². The summed E-state index contributed by atoms with van der Waals surface area (Å²) in [5, 5.41) is 0. The van der Waals surface area contributed by atoms with Crippen molar-refractivity contribution < 1.29 is 7.87 Å².